The lowest BCUT2D eigenvalue weighted by molar-refractivity contribution is -0.255. The monoisotopic (exact) mass is 855 g/mol. The Labute approximate surface area is 361 Å². The van der Waals surface area contributed by atoms with E-state index in [4.69, 9.17) is 9.47 Å². The van der Waals surface area contributed by atoms with E-state index < -0.39 is 34.4 Å². The molecule has 0 saturated carbocycles. The molecular weight excluding hydrogens is 807 g/mol. The van der Waals surface area contributed by atoms with Crippen molar-refractivity contribution in [3.8, 4) is 0 Å². The van der Waals surface area contributed by atoms with Crippen molar-refractivity contribution in [2.24, 2.45) is 0 Å². The molecule has 0 aliphatic carbocycles. The third kappa shape index (κ3) is 11.6. The summed E-state index contributed by atoms with van der Waals surface area (Å²) in [6.07, 6.45) is -1.26. The van der Waals surface area contributed by atoms with Gasteiger partial charge in [-0.2, -0.15) is 4.72 Å². The fraction of sp³-hybridized carbons (Fsp3) is 0.224. The fourth-order valence-electron chi connectivity index (χ4n) is 7.28. The molecule has 5 atom stereocenters. The van der Waals surface area contributed by atoms with Crippen LogP contribution in [0.25, 0.3) is 0 Å². The lowest BCUT2D eigenvalue weighted by Crippen LogP contribution is -2.47. The lowest BCUT2D eigenvalue weighted by Gasteiger charge is -2.43. The van der Waals surface area contributed by atoms with Crippen LogP contribution in [0.2, 0.25) is 0 Å². The van der Waals surface area contributed by atoms with E-state index in [-0.39, 0.29) is 42.4 Å². The number of ether oxygens (including phenoxy) is 2. The molecule has 1 heterocycles. The van der Waals surface area contributed by atoms with Crippen LogP contribution in [-0.2, 0) is 48.7 Å². The smallest absolute Gasteiger partial charge is 0.241 e. The SMILES string of the molecule is CC(=O)Nc1ccc(SC[C@H]2OC(c3ccc(CNC(=O)[C@@H](Cc4ccccc4)NS(=O)(=O)c4ccc(C)cc4)cc3)O[C@@H](c3ccc(CO)cc3)[C@@H]2c2ccccc2)cc1. The number of aliphatic hydroxyl groups excluding tert-OH is 1. The Morgan fingerprint density at radius 3 is 1.97 bits per heavy atom. The van der Waals surface area contributed by atoms with Crippen molar-refractivity contribution >= 4 is 39.3 Å². The van der Waals surface area contributed by atoms with Crippen molar-refractivity contribution < 1.29 is 32.6 Å². The van der Waals surface area contributed by atoms with Crippen LogP contribution < -0.4 is 15.4 Å². The summed E-state index contributed by atoms with van der Waals surface area (Å²) in [6, 6.07) is 48.1. The van der Waals surface area contributed by atoms with Gasteiger partial charge in [-0.1, -0.05) is 127 Å². The third-order valence-electron chi connectivity index (χ3n) is 10.5. The van der Waals surface area contributed by atoms with E-state index in [1.165, 1.54) is 19.1 Å². The highest BCUT2D eigenvalue weighted by Gasteiger charge is 2.42. The van der Waals surface area contributed by atoms with Gasteiger partial charge in [0.15, 0.2) is 6.29 Å². The number of carbonyl (C=O) groups is 2. The van der Waals surface area contributed by atoms with E-state index in [0.29, 0.717) is 5.75 Å². The van der Waals surface area contributed by atoms with Crippen LogP contribution in [0.15, 0.2) is 168 Å². The predicted octanol–water partition coefficient (Wildman–Crippen LogP) is 8.38. The minimum atomic E-state index is -3.99. The summed E-state index contributed by atoms with van der Waals surface area (Å²) in [7, 11) is -3.99. The summed E-state index contributed by atoms with van der Waals surface area (Å²) in [5.74, 6) is -0.151. The molecule has 2 amide bonds. The number of amides is 2. The van der Waals surface area contributed by atoms with Crippen molar-refractivity contribution in [1.29, 1.82) is 0 Å². The van der Waals surface area contributed by atoms with Gasteiger partial charge in [0.05, 0.1) is 23.7 Å². The van der Waals surface area contributed by atoms with Gasteiger partial charge in [0.25, 0.3) is 0 Å². The number of anilines is 1. The summed E-state index contributed by atoms with van der Waals surface area (Å²) < 4.78 is 43.2. The number of hydrogen-bond acceptors (Lipinski definition) is 8. The van der Waals surface area contributed by atoms with Gasteiger partial charge in [-0.25, -0.2) is 8.42 Å². The molecule has 0 aromatic heterocycles. The Morgan fingerprint density at radius 1 is 0.705 bits per heavy atom. The van der Waals surface area contributed by atoms with Gasteiger partial charge >= 0.3 is 0 Å². The van der Waals surface area contributed by atoms with Gasteiger partial charge in [-0.3, -0.25) is 9.59 Å². The molecule has 12 heteroatoms. The first-order valence-electron chi connectivity index (χ1n) is 20.1. The predicted molar refractivity (Wildman–Crippen MR) is 238 cm³/mol. The standard InChI is InChI=1S/C49H49N3O7S2/c1-33-13-27-43(28-14-33)61(56,57)52-44(29-35-9-5-3-6-10-35)48(55)50-30-36-15-21-40(22-16-36)49-58-45(32-60-42-25-23-41(24-26-42)51-34(2)54)46(38-11-7-4-8-12-38)47(59-49)39-19-17-37(31-53)18-20-39/h3-28,44-47,49,52-53H,29-32H2,1-2H3,(H,50,55)(H,51,54)/t44-,45-,46-,47+,49?/m1/s1. The van der Waals surface area contributed by atoms with Gasteiger partial charge in [0.2, 0.25) is 21.8 Å². The Balaban J connectivity index is 1.10. The molecule has 314 valence electrons. The lowest BCUT2D eigenvalue weighted by atomic mass is 9.84. The van der Waals surface area contributed by atoms with E-state index in [1.807, 2.05) is 128 Å². The number of thioether (sulfide) groups is 1. The number of rotatable bonds is 16. The maximum atomic E-state index is 13.7. The van der Waals surface area contributed by atoms with Crippen LogP contribution in [0.1, 0.15) is 64.2 Å². The molecule has 1 unspecified atom stereocenters. The number of hydrogen-bond donors (Lipinski definition) is 4. The maximum absolute atomic E-state index is 13.7. The molecule has 1 aliphatic heterocycles. The Bertz CT molecular complexity index is 2470. The van der Waals surface area contributed by atoms with Crippen molar-refractivity contribution in [3.63, 3.8) is 0 Å². The Kier molecular flexibility index (Phi) is 14.5. The highest BCUT2D eigenvalue weighted by Crippen LogP contribution is 2.48. The van der Waals surface area contributed by atoms with Gasteiger partial charge in [0.1, 0.15) is 6.04 Å². The molecule has 4 N–H and O–H groups in total. The minimum Gasteiger partial charge on any atom is -0.392 e. The summed E-state index contributed by atoms with van der Waals surface area (Å²) in [5, 5.41) is 15.6. The molecule has 1 saturated heterocycles. The molecule has 0 radical (unpaired) electrons. The average Bonchev–Trinajstić information content (AvgIpc) is 3.28. The summed E-state index contributed by atoms with van der Waals surface area (Å²) in [6.45, 7) is 3.46. The van der Waals surface area contributed by atoms with Gasteiger partial charge < -0.3 is 25.2 Å². The fourth-order valence-corrected chi connectivity index (χ4v) is 9.45. The summed E-state index contributed by atoms with van der Waals surface area (Å²) in [4.78, 5) is 26.4. The maximum Gasteiger partial charge on any atom is 0.241 e. The molecule has 6 aromatic rings. The van der Waals surface area contributed by atoms with Crippen LogP contribution in [0, 0.1) is 6.92 Å². The second kappa shape index (κ2) is 20.3. The second-order valence-electron chi connectivity index (χ2n) is 15.1. The first-order chi connectivity index (χ1) is 29.5. The zero-order valence-corrected chi connectivity index (χ0v) is 35.6. The number of carbonyl (C=O) groups excluding carboxylic acids is 2. The number of sulfonamides is 1. The van der Waals surface area contributed by atoms with Crippen LogP contribution >= 0.6 is 11.8 Å². The van der Waals surface area contributed by atoms with Crippen LogP contribution in [0.3, 0.4) is 0 Å². The minimum absolute atomic E-state index is 0.0663. The molecule has 0 bridgehead atoms. The highest BCUT2D eigenvalue weighted by atomic mass is 32.2. The van der Waals surface area contributed by atoms with Crippen molar-refractivity contribution in [2.75, 3.05) is 11.1 Å². The second-order valence-corrected chi connectivity index (χ2v) is 17.9. The number of nitrogens with one attached hydrogen (secondary N) is 3. The van der Waals surface area contributed by atoms with Crippen LogP contribution in [0.4, 0.5) is 5.69 Å². The molecule has 1 fully saturated rings. The highest BCUT2D eigenvalue weighted by molar-refractivity contribution is 7.99. The van der Waals surface area contributed by atoms with Crippen molar-refractivity contribution in [1.82, 2.24) is 10.0 Å². The van der Waals surface area contributed by atoms with Crippen molar-refractivity contribution in [3.05, 3.63) is 197 Å². The van der Waals surface area contributed by atoms with Gasteiger partial charge in [-0.15, -0.1) is 11.8 Å². The third-order valence-corrected chi connectivity index (χ3v) is 13.1. The zero-order valence-electron chi connectivity index (χ0n) is 33.9. The van der Waals surface area contributed by atoms with Crippen LogP contribution in [-0.4, -0.2) is 43.2 Å². The Morgan fingerprint density at radius 2 is 1.33 bits per heavy atom. The number of aliphatic hydroxyl groups is 1. The van der Waals surface area contributed by atoms with E-state index in [0.717, 1.165) is 49.5 Å². The van der Waals surface area contributed by atoms with Crippen molar-refractivity contribution in [2.45, 2.75) is 73.7 Å². The van der Waals surface area contributed by atoms with E-state index in [1.54, 1.807) is 23.9 Å². The average molecular weight is 856 g/mol. The summed E-state index contributed by atoms with van der Waals surface area (Å²) >= 11 is 1.66. The largest absolute Gasteiger partial charge is 0.392 e. The van der Waals surface area contributed by atoms with E-state index in [9.17, 15) is 23.1 Å². The van der Waals surface area contributed by atoms with E-state index in [2.05, 4.69) is 27.5 Å². The normalized spacial score (nSPS) is 18.2. The first-order valence-corrected chi connectivity index (χ1v) is 22.6. The molecular formula is C49H49N3O7S2. The molecule has 61 heavy (non-hydrogen) atoms. The quantitative estimate of drug-likeness (QED) is 0.0712. The first kappa shape index (κ1) is 43.5. The molecule has 0 spiro atoms. The molecule has 7 rings (SSSR count). The Hall–Kier alpha value is -5.60. The molecule has 1 aliphatic rings. The number of benzene rings is 6. The number of aryl methyl sites for hydroxylation is 1. The molecule has 10 nitrogen and oxygen atoms in total. The van der Waals surface area contributed by atoms with Crippen LogP contribution in [0.5, 0.6) is 0 Å². The zero-order chi connectivity index (χ0) is 42.8. The van der Waals surface area contributed by atoms with E-state index >= 15 is 0 Å². The molecule has 6 aromatic carbocycles. The van der Waals surface area contributed by atoms with Gasteiger partial charge in [-0.05, 0) is 77.6 Å². The van der Waals surface area contributed by atoms with Gasteiger partial charge in [0, 0.05) is 41.3 Å². The summed E-state index contributed by atoms with van der Waals surface area (Å²) in [5.41, 5.74) is 6.90. The topological polar surface area (TPSA) is 143 Å².